The number of rotatable bonds is 12. The molecule has 4 aromatic carbocycles. The third-order valence-corrected chi connectivity index (χ3v) is 30.3. The van der Waals surface area contributed by atoms with Crippen LogP contribution in [-0.2, 0) is 32.8 Å². The summed E-state index contributed by atoms with van der Waals surface area (Å²) in [6, 6.07) is 33.6. The number of aryl methyl sites for hydroxylation is 2. The average molecular weight is 858 g/mol. The molecule has 0 aromatic heterocycles. The van der Waals surface area contributed by atoms with Gasteiger partial charge in [-0.25, -0.2) is 0 Å². The first-order chi connectivity index (χ1) is 22.8. The smallest absolute Gasteiger partial charge is 0.147 e. The summed E-state index contributed by atoms with van der Waals surface area (Å²) in [5.41, 5.74) is 18.5. The van der Waals surface area contributed by atoms with Crippen LogP contribution in [0.4, 0.5) is 0 Å². The van der Waals surface area contributed by atoms with Crippen molar-refractivity contribution in [3.63, 3.8) is 0 Å². The molecule has 1 fully saturated rings. The average Bonchev–Trinajstić information content (AvgIpc) is 3.61. The van der Waals surface area contributed by atoms with Gasteiger partial charge in [-0.1, -0.05) is 0 Å². The van der Waals surface area contributed by atoms with Crippen LogP contribution < -0.4 is 0 Å². The van der Waals surface area contributed by atoms with Crippen LogP contribution in [0.15, 0.2) is 96.1 Å². The molecule has 0 N–H and O–H groups in total. The third-order valence-electron chi connectivity index (χ3n) is 11.2. The predicted molar refractivity (Wildman–Crippen MR) is 216 cm³/mol. The van der Waals surface area contributed by atoms with Crippen LogP contribution >= 0.6 is 24.8 Å². The van der Waals surface area contributed by atoms with Crippen LogP contribution in [-0.4, -0.2) is 0 Å². The minimum Gasteiger partial charge on any atom is -0.147 e. The molecular formula is C46H56Cl2Hf. The number of allylic oxidation sites excluding steroid dienone is 2. The predicted octanol–water partition coefficient (Wildman–Crippen LogP) is 14.4. The van der Waals surface area contributed by atoms with Crippen molar-refractivity contribution in [1.29, 1.82) is 0 Å². The first-order valence-corrected chi connectivity index (χ1v) is 27.9. The molecule has 2 aliphatic carbocycles. The Kier molecular flexibility index (Phi) is 12.4. The molecule has 0 amide bonds. The van der Waals surface area contributed by atoms with Crippen LogP contribution in [0.1, 0.15) is 108 Å². The van der Waals surface area contributed by atoms with Crippen LogP contribution in [0.2, 0.25) is 8.35 Å². The first kappa shape index (κ1) is 38.1. The van der Waals surface area contributed by atoms with Gasteiger partial charge in [-0.2, -0.15) is 0 Å². The largest absolute Gasteiger partial charge is 0.147 e. The van der Waals surface area contributed by atoms with Crippen molar-refractivity contribution in [3.8, 4) is 22.3 Å². The Morgan fingerprint density at radius 2 is 0.939 bits per heavy atom. The molecule has 1 saturated heterocycles. The van der Waals surface area contributed by atoms with Crippen LogP contribution in [0, 0.1) is 11.8 Å². The van der Waals surface area contributed by atoms with E-state index in [4.69, 9.17) is 0 Å². The third kappa shape index (κ3) is 7.43. The molecule has 0 spiro atoms. The van der Waals surface area contributed by atoms with Gasteiger partial charge >= 0.3 is 291 Å². The molecule has 0 saturated carbocycles. The molecule has 4 aromatic rings. The summed E-state index contributed by atoms with van der Waals surface area (Å²) in [5.74, 6) is 1.34. The SMILES string of the molecule is CCCc1ccc(-c2cccc3c2C=C(CC(C)C)[CH]3[Hf]2([CH]3C(CC(C)C)=Cc4c(-c5ccc(CCC)cc5)cccc43)[CH2][CH2]2)cc1.Cl.Cl. The van der Waals surface area contributed by atoms with Crippen molar-refractivity contribution in [2.24, 2.45) is 11.8 Å². The van der Waals surface area contributed by atoms with E-state index in [1.165, 1.54) is 78.5 Å². The quantitative estimate of drug-likeness (QED) is 0.125. The van der Waals surface area contributed by atoms with Crippen molar-refractivity contribution >= 4 is 37.0 Å². The number of hydrogen-bond acceptors (Lipinski definition) is 0. The molecule has 1 aliphatic heterocycles. The number of halogens is 2. The van der Waals surface area contributed by atoms with Gasteiger partial charge in [0.2, 0.25) is 0 Å². The zero-order valence-electron chi connectivity index (χ0n) is 30.5. The standard InChI is InChI=1S/2C22H25.C2H4.2ClH.Hf/c2*1-4-6-17-9-11-19(12-10-17)21-8-5-7-20-14-18(13-16(2)3)15-22(20)21;1-2;;;/h2*5,7-12,14-16H,4,6,13H2,1-3H3;1-2H2;2*1H;. The van der Waals surface area contributed by atoms with Gasteiger partial charge in [0.05, 0.1) is 0 Å². The van der Waals surface area contributed by atoms with Gasteiger partial charge in [0.15, 0.2) is 0 Å². The van der Waals surface area contributed by atoms with Crippen molar-refractivity contribution in [2.75, 3.05) is 0 Å². The van der Waals surface area contributed by atoms with E-state index in [-0.39, 0.29) is 24.8 Å². The molecule has 49 heavy (non-hydrogen) atoms. The van der Waals surface area contributed by atoms with Crippen molar-refractivity contribution < 1.29 is 20.0 Å². The zero-order valence-corrected chi connectivity index (χ0v) is 35.7. The fraction of sp³-hybridized carbons (Fsp3) is 0.391. The molecule has 0 nitrogen and oxygen atoms in total. The number of benzene rings is 4. The van der Waals surface area contributed by atoms with Crippen molar-refractivity contribution in [2.45, 2.75) is 95.8 Å². The maximum absolute atomic E-state index is 2.98. The molecule has 258 valence electrons. The molecule has 1 heterocycles. The normalized spacial score (nSPS) is 18.4. The summed E-state index contributed by atoms with van der Waals surface area (Å²) >= 11 is -2.98. The Morgan fingerprint density at radius 1 is 0.551 bits per heavy atom. The van der Waals surface area contributed by atoms with Gasteiger partial charge in [0, 0.05) is 0 Å². The van der Waals surface area contributed by atoms with Gasteiger partial charge in [0.1, 0.15) is 0 Å². The molecule has 0 bridgehead atoms. The Morgan fingerprint density at radius 3 is 1.27 bits per heavy atom. The van der Waals surface area contributed by atoms with E-state index in [1.54, 1.807) is 22.3 Å². The summed E-state index contributed by atoms with van der Waals surface area (Å²) < 4.78 is 4.45. The van der Waals surface area contributed by atoms with E-state index < -0.39 is 20.0 Å². The molecular weight excluding hydrogens is 802 g/mol. The van der Waals surface area contributed by atoms with Gasteiger partial charge < -0.3 is 0 Å². The van der Waals surface area contributed by atoms with Crippen molar-refractivity contribution in [3.05, 3.63) is 129 Å². The van der Waals surface area contributed by atoms with Crippen molar-refractivity contribution in [1.82, 2.24) is 0 Å². The zero-order chi connectivity index (χ0) is 32.7. The second-order valence-corrected chi connectivity index (χ2v) is 32.3. The summed E-state index contributed by atoms with van der Waals surface area (Å²) in [5, 5.41) is 0. The fourth-order valence-electron chi connectivity index (χ4n) is 9.25. The molecule has 3 aliphatic rings. The summed E-state index contributed by atoms with van der Waals surface area (Å²) in [4.78, 5) is 0. The fourth-order valence-corrected chi connectivity index (χ4v) is 37.1. The maximum atomic E-state index is 2.69. The molecule has 2 atom stereocenters. The Bertz CT molecular complexity index is 1670. The molecule has 7 rings (SSSR count). The van der Waals surface area contributed by atoms with E-state index in [9.17, 15) is 0 Å². The topological polar surface area (TPSA) is 0 Å². The van der Waals surface area contributed by atoms with Crippen LogP contribution in [0.25, 0.3) is 34.4 Å². The van der Waals surface area contributed by atoms with E-state index in [0.29, 0.717) is 19.2 Å². The van der Waals surface area contributed by atoms with Crippen LogP contribution in [0.3, 0.4) is 0 Å². The first-order valence-electron chi connectivity index (χ1n) is 18.7. The number of fused-ring (bicyclic) bond motifs is 2. The van der Waals surface area contributed by atoms with Gasteiger partial charge in [0.25, 0.3) is 0 Å². The minimum atomic E-state index is -2.98. The summed E-state index contributed by atoms with van der Waals surface area (Å²) in [6.07, 6.45) is 12.5. The van der Waals surface area contributed by atoms with Crippen LogP contribution in [0.5, 0.6) is 0 Å². The number of hydrogen-bond donors (Lipinski definition) is 0. The summed E-state index contributed by atoms with van der Waals surface area (Å²) in [6.45, 7) is 14.3. The van der Waals surface area contributed by atoms with E-state index in [2.05, 4.69) is 139 Å². The molecule has 2 unspecified atom stereocenters. The second-order valence-electron chi connectivity index (χ2n) is 15.7. The van der Waals surface area contributed by atoms with E-state index >= 15 is 0 Å². The van der Waals surface area contributed by atoms with E-state index in [0.717, 1.165) is 12.8 Å². The van der Waals surface area contributed by atoms with Gasteiger partial charge in [-0.05, 0) is 0 Å². The second kappa shape index (κ2) is 16.0. The molecule has 3 heteroatoms. The minimum absolute atomic E-state index is 0. The van der Waals surface area contributed by atoms with Gasteiger partial charge in [-0.3, -0.25) is 0 Å². The summed E-state index contributed by atoms with van der Waals surface area (Å²) in [7, 11) is 0. The Hall–Kier alpha value is -2.19. The van der Waals surface area contributed by atoms with E-state index in [1.807, 2.05) is 0 Å². The monoisotopic (exact) mass is 858 g/mol. The Balaban J connectivity index is 0.00000234. The Labute approximate surface area is 314 Å². The van der Waals surface area contributed by atoms with Gasteiger partial charge in [-0.15, -0.1) is 24.8 Å². The maximum Gasteiger partial charge on any atom is -0.147 e. The molecule has 0 radical (unpaired) electrons.